The van der Waals surface area contributed by atoms with Crippen LogP contribution in [0.2, 0.25) is 0 Å². The molecule has 2 nitrogen and oxygen atoms in total. The molecule has 5 heteroatoms. The van der Waals surface area contributed by atoms with Crippen LogP contribution >= 0.6 is 11.8 Å². The fourth-order valence-electron chi connectivity index (χ4n) is 1.81. The zero-order valence-corrected chi connectivity index (χ0v) is 11.6. The SMILES string of the molecule is CSc1cccc(NCc2ccc(F)c(F)c2)c1C#N. The molecule has 102 valence electrons. The van der Waals surface area contributed by atoms with Crippen molar-refractivity contribution in [3.05, 3.63) is 59.2 Å². The molecule has 0 radical (unpaired) electrons. The minimum Gasteiger partial charge on any atom is -0.380 e. The molecule has 0 fully saturated rings. The van der Waals surface area contributed by atoms with Gasteiger partial charge < -0.3 is 5.32 Å². The van der Waals surface area contributed by atoms with Gasteiger partial charge in [0.15, 0.2) is 11.6 Å². The molecule has 0 amide bonds. The fourth-order valence-corrected chi connectivity index (χ4v) is 2.39. The van der Waals surface area contributed by atoms with Crippen LogP contribution in [0.3, 0.4) is 0 Å². The maximum Gasteiger partial charge on any atom is 0.159 e. The van der Waals surface area contributed by atoms with Gasteiger partial charge in [-0.15, -0.1) is 11.8 Å². The minimum absolute atomic E-state index is 0.323. The number of nitrogens with one attached hydrogen (secondary N) is 1. The van der Waals surface area contributed by atoms with E-state index in [1.165, 1.54) is 17.8 Å². The molecule has 0 aromatic heterocycles. The maximum atomic E-state index is 13.1. The lowest BCUT2D eigenvalue weighted by Gasteiger charge is -2.10. The highest BCUT2D eigenvalue weighted by molar-refractivity contribution is 7.98. The molecule has 2 aromatic rings. The first-order valence-electron chi connectivity index (χ1n) is 5.90. The first-order chi connectivity index (χ1) is 9.65. The quantitative estimate of drug-likeness (QED) is 0.858. The molecular formula is C15H12F2N2S. The first-order valence-corrected chi connectivity index (χ1v) is 7.13. The fraction of sp³-hybridized carbons (Fsp3) is 0.133. The highest BCUT2D eigenvalue weighted by Gasteiger charge is 2.08. The van der Waals surface area contributed by atoms with E-state index < -0.39 is 11.6 Å². The average Bonchev–Trinajstić information content (AvgIpc) is 2.47. The predicted octanol–water partition coefficient (Wildman–Crippen LogP) is 4.17. The molecule has 0 aliphatic carbocycles. The van der Waals surface area contributed by atoms with Crippen molar-refractivity contribution in [2.75, 3.05) is 11.6 Å². The van der Waals surface area contributed by atoms with Gasteiger partial charge in [-0.3, -0.25) is 0 Å². The van der Waals surface area contributed by atoms with Crippen molar-refractivity contribution in [2.45, 2.75) is 11.4 Å². The topological polar surface area (TPSA) is 35.8 Å². The number of benzene rings is 2. The van der Waals surface area contributed by atoms with Gasteiger partial charge in [0.2, 0.25) is 0 Å². The Kier molecular flexibility index (Phi) is 4.59. The summed E-state index contributed by atoms with van der Waals surface area (Å²) in [5.74, 6) is -1.74. The lowest BCUT2D eigenvalue weighted by Crippen LogP contribution is -2.02. The number of anilines is 1. The van der Waals surface area contributed by atoms with Crippen molar-refractivity contribution in [3.63, 3.8) is 0 Å². The molecule has 0 unspecified atom stereocenters. The summed E-state index contributed by atoms with van der Waals surface area (Å²) in [5, 5.41) is 12.3. The van der Waals surface area contributed by atoms with E-state index in [4.69, 9.17) is 0 Å². The Morgan fingerprint density at radius 2 is 2.00 bits per heavy atom. The van der Waals surface area contributed by atoms with E-state index >= 15 is 0 Å². The van der Waals surface area contributed by atoms with Gasteiger partial charge in [-0.05, 0) is 36.1 Å². The molecule has 20 heavy (non-hydrogen) atoms. The molecule has 0 atom stereocenters. The summed E-state index contributed by atoms with van der Waals surface area (Å²) in [7, 11) is 0. The summed E-state index contributed by atoms with van der Waals surface area (Å²) in [6.45, 7) is 0.323. The van der Waals surface area contributed by atoms with Gasteiger partial charge in [0.05, 0.1) is 11.3 Å². The second-order valence-electron chi connectivity index (χ2n) is 4.10. The monoisotopic (exact) mass is 290 g/mol. The van der Waals surface area contributed by atoms with Gasteiger partial charge in [0.1, 0.15) is 6.07 Å². The highest BCUT2D eigenvalue weighted by atomic mass is 32.2. The normalized spacial score (nSPS) is 10.1. The zero-order chi connectivity index (χ0) is 14.5. The average molecular weight is 290 g/mol. The largest absolute Gasteiger partial charge is 0.380 e. The third kappa shape index (κ3) is 3.09. The number of halogens is 2. The Hall–Kier alpha value is -2.06. The van der Waals surface area contributed by atoms with Crippen LogP contribution < -0.4 is 5.32 Å². The highest BCUT2D eigenvalue weighted by Crippen LogP contribution is 2.26. The third-order valence-electron chi connectivity index (χ3n) is 2.82. The van der Waals surface area contributed by atoms with Crippen LogP contribution in [0.15, 0.2) is 41.3 Å². The van der Waals surface area contributed by atoms with Crippen LogP contribution in [0.5, 0.6) is 0 Å². The van der Waals surface area contributed by atoms with E-state index in [1.807, 2.05) is 18.4 Å². The van der Waals surface area contributed by atoms with Crippen molar-refractivity contribution in [2.24, 2.45) is 0 Å². The Labute approximate surface area is 120 Å². The van der Waals surface area contributed by atoms with Crippen LogP contribution in [0.4, 0.5) is 14.5 Å². The molecule has 0 saturated heterocycles. The molecule has 2 rings (SSSR count). The number of nitrogens with zero attached hydrogens (tertiary/aromatic N) is 1. The van der Waals surface area contributed by atoms with Crippen molar-refractivity contribution in [3.8, 4) is 6.07 Å². The molecule has 0 saturated carbocycles. The molecular weight excluding hydrogens is 278 g/mol. The number of hydrogen-bond donors (Lipinski definition) is 1. The van der Waals surface area contributed by atoms with Crippen LogP contribution in [0, 0.1) is 23.0 Å². The summed E-state index contributed by atoms with van der Waals surface area (Å²) in [5.41, 5.74) is 1.86. The van der Waals surface area contributed by atoms with Gasteiger partial charge in [-0.25, -0.2) is 8.78 Å². The second-order valence-corrected chi connectivity index (χ2v) is 4.94. The maximum absolute atomic E-state index is 13.1. The summed E-state index contributed by atoms with van der Waals surface area (Å²) in [6, 6.07) is 11.4. The molecule has 1 N–H and O–H groups in total. The first kappa shape index (κ1) is 14.4. The Balaban J connectivity index is 2.19. The molecule has 0 heterocycles. The van der Waals surface area contributed by atoms with Crippen molar-refractivity contribution < 1.29 is 8.78 Å². The Morgan fingerprint density at radius 3 is 2.65 bits per heavy atom. The van der Waals surface area contributed by atoms with Crippen molar-refractivity contribution in [1.82, 2.24) is 0 Å². The molecule has 0 aliphatic rings. The van der Waals surface area contributed by atoms with E-state index in [0.29, 0.717) is 23.4 Å². The van der Waals surface area contributed by atoms with E-state index in [2.05, 4.69) is 11.4 Å². The van der Waals surface area contributed by atoms with Gasteiger partial charge in [0.25, 0.3) is 0 Å². The van der Waals surface area contributed by atoms with Gasteiger partial charge >= 0.3 is 0 Å². The number of rotatable bonds is 4. The van der Waals surface area contributed by atoms with E-state index in [1.54, 1.807) is 6.07 Å². The molecule has 2 aromatic carbocycles. The minimum atomic E-state index is -0.873. The lowest BCUT2D eigenvalue weighted by atomic mass is 10.1. The Bertz CT molecular complexity index is 665. The van der Waals surface area contributed by atoms with E-state index in [0.717, 1.165) is 17.0 Å². The third-order valence-corrected chi connectivity index (χ3v) is 3.60. The Morgan fingerprint density at radius 1 is 1.20 bits per heavy atom. The number of nitriles is 1. The number of hydrogen-bond acceptors (Lipinski definition) is 3. The van der Waals surface area contributed by atoms with Crippen molar-refractivity contribution in [1.29, 1.82) is 5.26 Å². The van der Waals surface area contributed by atoms with E-state index in [-0.39, 0.29) is 0 Å². The summed E-state index contributed by atoms with van der Waals surface area (Å²) in [4.78, 5) is 0.878. The van der Waals surface area contributed by atoms with Gasteiger partial charge in [-0.2, -0.15) is 5.26 Å². The molecule has 0 aliphatic heterocycles. The summed E-state index contributed by atoms with van der Waals surface area (Å²) < 4.78 is 25.9. The van der Waals surface area contributed by atoms with Crippen LogP contribution in [0.25, 0.3) is 0 Å². The van der Waals surface area contributed by atoms with Crippen LogP contribution in [-0.4, -0.2) is 6.26 Å². The van der Waals surface area contributed by atoms with Gasteiger partial charge in [0, 0.05) is 11.4 Å². The molecule has 0 spiro atoms. The van der Waals surface area contributed by atoms with Crippen LogP contribution in [0.1, 0.15) is 11.1 Å². The summed E-state index contributed by atoms with van der Waals surface area (Å²) in [6.07, 6.45) is 1.90. The van der Waals surface area contributed by atoms with E-state index in [9.17, 15) is 14.0 Å². The van der Waals surface area contributed by atoms with Crippen molar-refractivity contribution >= 4 is 17.4 Å². The molecule has 0 bridgehead atoms. The second kappa shape index (κ2) is 6.40. The number of thioether (sulfide) groups is 1. The standard InChI is InChI=1S/C15H12F2N2S/c1-20-15-4-2-3-14(11(15)8-18)19-9-10-5-6-12(16)13(17)7-10/h2-7,19H,9H2,1H3. The van der Waals surface area contributed by atoms with Crippen LogP contribution in [-0.2, 0) is 6.54 Å². The zero-order valence-electron chi connectivity index (χ0n) is 10.8. The predicted molar refractivity (Wildman–Crippen MR) is 76.6 cm³/mol. The smallest absolute Gasteiger partial charge is 0.159 e. The lowest BCUT2D eigenvalue weighted by molar-refractivity contribution is 0.507. The van der Waals surface area contributed by atoms with Gasteiger partial charge in [-0.1, -0.05) is 12.1 Å². The summed E-state index contributed by atoms with van der Waals surface area (Å²) >= 11 is 1.49.